The van der Waals surface area contributed by atoms with Crippen LogP contribution in [0.25, 0.3) is 0 Å². The zero-order valence-electron chi connectivity index (χ0n) is 11.7. The normalized spacial score (nSPS) is 23.3. The molecular weight excluding hydrogens is 260 g/mol. The number of anilines is 2. The van der Waals surface area contributed by atoms with Crippen LogP contribution in [-0.4, -0.2) is 20.7 Å². The van der Waals surface area contributed by atoms with Crippen molar-refractivity contribution in [1.29, 1.82) is 0 Å². The van der Waals surface area contributed by atoms with E-state index >= 15 is 0 Å². The largest absolute Gasteiger partial charge is 0.382 e. The van der Waals surface area contributed by atoms with Crippen molar-refractivity contribution in [2.75, 3.05) is 16.3 Å². The van der Waals surface area contributed by atoms with Gasteiger partial charge in [0.15, 0.2) is 0 Å². The average molecular weight is 282 g/mol. The fourth-order valence-electron chi connectivity index (χ4n) is 2.64. The van der Waals surface area contributed by atoms with E-state index in [4.69, 9.17) is 0 Å². The van der Waals surface area contributed by atoms with Crippen LogP contribution in [0.2, 0.25) is 0 Å². The SMILES string of the molecule is Cc1cc(NC2CCCC2C)ccc1NS(C)(=O)=O. The molecule has 0 radical (unpaired) electrons. The third kappa shape index (κ3) is 3.86. The van der Waals surface area contributed by atoms with Crippen LogP contribution in [0.3, 0.4) is 0 Å². The Labute approximate surface area is 115 Å². The highest BCUT2D eigenvalue weighted by atomic mass is 32.2. The summed E-state index contributed by atoms with van der Waals surface area (Å²) < 4.78 is 25.0. The molecule has 1 aliphatic rings. The lowest BCUT2D eigenvalue weighted by Gasteiger charge is -2.19. The van der Waals surface area contributed by atoms with E-state index in [0.29, 0.717) is 17.6 Å². The molecular formula is C14H22N2O2S. The van der Waals surface area contributed by atoms with E-state index in [1.165, 1.54) is 25.5 Å². The molecule has 2 atom stereocenters. The molecule has 0 heterocycles. The molecule has 1 fully saturated rings. The van der Waals surface area contributed by atoms with Gasteiger partial charge in [-0.05, 0) is 49.4 Å². The lowest BCUT2D eigenvalue weighted by atomic mass is 10.1. The Morgan fingerprint density at radius 1 is 1.26 bits per heavy atom. The summed E-state index contributed by atoms with van der Waals surface area (Å²) in [5.74, 6) is 0.703. The molecule has 1 aromatic carbocycles. The molecule has 1 saturated carbocycles. The van der Waals surface area contributed by atoms with E-state index in [1.807, 2.05) is 25.1 Å². The summed E-state index contributed by atoms with van der Waals surface area (Å²) in [5.41, 5.74) is 2.64. The van der Waals surface area contributed by atoms with Gasteiger partial charge < -0.3 is 5.32 Å². The second-order valence-electron chi connectivity index (χ2n) is 5.56. The van der Waals surface area contributed by atoms with Crippen molar-refractivity contribution in [1.82, 2.24) is 0 Å². The molecule has 0 saturated heterocycles. The topological polar surface area (TPSA) is 58.2 Å². The third-order valence-corrected chi connectivity index (χ3v) is 4.33. The van der Waals surface area contributed by atoms with Gasteiger partial charge in [-0.1, -0.05) is 13.3 Å². The van der Waals surface area contributed by atoms with E-state index in [-0.39, 0.29) is 0 Å². The number of hydrogen-bond donors (Lipinski definition) is 2. The fourth-order valence-corrected chi connectivity index (χ4v) is 3.27. The van der Waals surface area contributed by atoms with Crippen molar-refractivity contribution in [3.8, 4) is 0 Å². The van der Waals surface area contributed by atoms with E-state index < -0.39 is 10.0 Å². The Balaban J connectivity index is 2.10. The van der Waals surface area contributed by atoms with Gasteiger partial charge in [0.2, 0.25) is 10.0 Å². The highest BCUT2D eigenvalue weighted by Gasteiger charge is 2.22. The molecule has 1 aromatic rings. The number of sulfonamides is 1. The smallest absolute Gasteiger partial charge is 0.229 e. The Bertz CT molecular complexity index is 555. The minimum atomic E-state index is -3.21. The van der Waals surface area contributed by atoms with Crippen molar-refractivity contribution < 1.29 is 8.42 Å². The van der Waals surface area contributed by atoms with Crippen molar-refractivity contribution in [2.45, 2.75) is 39.2 Å². The maximum Gasteiger partial charge on any atom is 0.229 e. The summed E-state index contributed by atoms with van der Waals surface area (Å²) >= 11 is 0. The highest BCUT2D eigenvalue weighted by molar-refractivity contribution is 7.92. The zero-order chi connectivity index (χ0) is 14.0. The van der Waals surface area contributed by atoms with Crippen molar-refractivity contribution in [3.05, 3.63) is 23.8 Å². The number of nitrogens with one attached hydrogen (secondary N) is 2. The predicted molar refractivity (Wildman–Crippen MR) is 80.1 cm³/mol. The second kappa shape index (κ2) is 5.41. The van der Waals surface area contributed by atoms with Crippen LogP contribution in [0.1, 0.15) is 31.7 Å². The Morgan fingerprint density at radius 2 is 2.00 bits per heavy atom. The third-order valence-electron chi connectivity index (χ3n) is 3.74. The van der Waals surface area contributed by atoms with Crippen LogP contribution >= 0.6 is 0 Å². The first-order valence-electron chi connectivity index (χ1n) is 6.70. The Morgan fingerprint density at radius 3 is 2.53 bits per heavy atom. The van der Waals surface area contributed by atoms with Crippen LogP contribution in [0.5, 0.6) is 0 Å². The summed E-state index contributed by atoms with van der Waals surface area (Å²) in [6.07, 6.45) is 4.94. The van der Waals surface area contributed by atoms with Gasteiger partial charge in [-0.3, -0.25) is 4.72 Å². The van der Waals surface area contributed by atoms with Gasteiger partial charge in [-0.15, -0.1) is 0 Å². The first-order valence-corrected chi connectivity index (χ1v) is 8.59. The number of rotatable bonds is 4. The molecule has 2 N–H and O–H groups in total. The van der Waals surface area contributed by atoms with Crippen LogP contribution in [0, 0.1) is 12.8 Å². The van der Waals surface area contributed by atoms with Gasteiger partial charge in [0.25, 0.3) is 0 Å². The van der Waals surface area contributed by atoms with E-state index in [9.17, 15) is 8.42 Å². The van der Waals surface area contributed by atoms with Gasteiger partial charge in [0, 0.05) is 11.7 Å². The van der Waals surface area contributed by atoms with Gasteiger partial charge in [0.1, 0.15) is 0 Å². The number of aryl methyl sites for hydroxylation is 1. The first kappa shape index (κ1) is 14.2. The minimum Gasteiger partial charge on any atom is -0.382 e. The maximum absolute atomic E-state index is 11.2. The summed E-state index contributed by atoms with van der Waals surface area (Å²) in [5, 5.41) is 3.54. The molecule has 1 aliphatic carbocycles. The molecule has 0 bridgehead atoms. The molecule has 0 spiro atoms. The second-order valence-corrected chi connectivity index (χ2v) is 7.31. The Hall–Kier alpha value is -1.23. The molecule has 0 amide bonds. The van der Waals surface area contributed by atoms with Crippen LogP contribution in [0.4, 0.5) is 11.4 Å². The summed E-state index contributed by atoms with van der Waals surface area (Å²) in [7, 11) is -3.21. The lowest BCUT2D eigenvalue weighted by molar-refractivity contribution is 0.556. The van der Waals surface area contributed by atoms with Crippen LogP contribution < -0.4 is 10.0 Å². The van der Waals surface area contributed by atoms with Gasteiger partial charge in [-0.25, -0.2) is 8.42 Å². The average Bonchev–Trinajstić information content (AvgIpc) is 2.67. The predicted octanol–water partition coefficient (Wildman–Crippen LogP) is 2.97. The van der Waals surface area contributed by atoms with Crippen LogP contribution in [0.15, 0.2) is 18.2 Å². The molecule has 5 heteroatoms. The van der Waals surface area contributed by atoms with Crippen LogP contribution in [-0.2, 0) is 10.0 Å². The lowest BCUT2D eigenvalue weighted by Crippen LogP contribution is -2.21. The quantitative estimate of drug-likeness (QED) is 0.892. The maximum atomic E-state index is 11.2. The van der Waals surface area contributed by atoms with Crippen molar-refractivity contribution in [3.63, 3.8) is 0 Å². The van der Waals surface area contributed by atoms with E-state index in [0.717, 1.165) is 11.3 Å². The zero-order valence-corrected chi connectivity index (χ0v) is 12.5. The van der Waals surface area contributed by atoms with E-state index in [1.54, 1.807) is 0 Å². The molecule has 2 unspecified atom stereocenters. The molecule has 0 aliphatic heterocycles. The number of benzene rings is 1. The first-order chi connectivity index (χ1) is 8.85. The highest BCUT2D eigenvalue weighted by Crippen LogP contribution is 2.29. The van der Waals surface area contributed by atoms with Crippen molar-refractivity contribution >= 4 is 21.4 Å². The van der Waals surface area contributed by atoms with Gasteiger partial charge in [0.05, 0.1) is 11.9 Å². The number of hydrogen-bond acceptors (Lipinski definition) is 3. The molecule has 4 nitrogen and oxygen atoms in total. The van der Waals surface area contributed by atoms with Crippen molar-refractivity contribution in [2.24, 2.45) is 5.92 Å². The molecule has 2 rings (SSSR count). The summed E-state index contributed by atoms with van der Waals surface area (Å²) in [6.45, 7) is 4.19. The van der Waals surface area contributed by atoms with E-state index in [2.05, 4.69) is 17.0 Å². The summed E-state index contributed by atoms with van der Waals surface area (Å²) in [6, 6.07) is 6.29. The fraction of sp³-hybridized carbons (Fsp3) is 0.571. The summed E-state index contributed by atoms with van der Waals surface area (Å²) in [4.78, 5) is 0. The monoisotopic (exact) mass is 282 g/mol. The Kier molecular flexibility index (Phi) is 4.04. The minimum absolute atomic E-state index is 0.535. The molecule has 0 aromatic heterocycles. The van der Waals surface area contributed by atoms with Gasteiger partial charge in [-0.2, -0.15) is 0 Å². The molecule has 19 heavy (non-hydrogen) atoms. The molecule has 106 valence electrons. The standard InChI is InChI=1S/C14H22N2O2S/c1-10-5-4-6-13(10)15-12-7-8-14(11(2)9-12)16-19(3,17)18/h7-10,13,15-16H,4-6H2,1-3H3. The van der Waals surface area contributed by atoms with Gasteiger partial charge >= 0.3 is 0 Å².